The van der Waals surface area contributed by atoms with E-state index in [0.717, 1.165) is 12.8 Å². The number of alkyl halides is 3. The van der Waals surface area contributed by atoms with Crippen LogP contribution >= 0.6 is 0 Å². The zero-order valence-electron chi connectivity index (χ0n) is 16.2. The molecule has 6 heteroatoms. The summed E-state index contributed by atoms with van der Waals surface area (Å²) < 4.78 is 62.5. The van der Waals surface area contributed by atoms with Crippen molar-refractivity contribution >= 4 is 0 Å². The van der Waals surface area contributed by atoms with E-state index < -0.39 is 17.9 Å². The molecule has 0 spiro atoms. The fraction of sp³-hybridized carbons (Fsp3) is 0.636. The topological polar surface area (TPSA) is 18.5 Å². The minimum atomic E-state index is -4.60. The average molecular weight is 400 g/mol. The third-order valence-electron chi connectivity index (χ3n) is 5.76. The van der Waals surface area contributed by atoms with Gasteiger partial charge in [-0.05, 0) is 43.2 Å². The lowest BCUT2D eigenvalue weighted by molar-refractivity contribution is -0.217. The highest BCUT2D eigenvalue weighted by atomic mass is 19.4. The second-order valence-corrected chi connectivity index (χ2v) is 7.91. The highest BCUT2D eigenvalue weighted by Crippen LogP contribution is 2.39. The van der Waals surface area contributed by atoms with E-state index >= 15 is 0 Å². The Morgan fingerprint density at radius 1 is 1.04 bits per heavy atom. The van der Waals surface area contributed by atoms with Gasteiger partial charge < -0.3 is 9.47 Å². The van der Waals surface area contributed by atoms with Crippen molar-refractivity contribution in [2.45, 2.75) is 63.8 Å². The van der Waals surface area contributed by atoms with Crippen LogP contribution < -0.4 is 0 Å². The SMILES string of the molecule is CCCc1ccc(C2COC(C3CCC(C(F)=CC(F)(F)F)CC3)OC2)cc1. The molecule has 156 valence electrons. The summed E-state index contributed by atoms with van der Waals surface area (Å²) in [5, 5.41) is 0. The molecule has 1 aromatic rings. The minimum absolute atomic E-state index is 0.114. The third kappa shape index (κ3) is 5.80. The molecule has 2 aliphatic rings. The van der Waals surface area contributed by atoms with E-state index in [1.54, 1.807) is 0 Å². The summed E-state index contributed by atoms with van der Waals surface area (Å²) in [5.41, 5.74) is 2.52. The van der Waals surface area contributed by atoms with E-state index in [0.29, 0.717) is 38.9 Å². The van der Waals surface area contributed by atoms with E-state index in [2.05, 4.69) is 31.2 Å². The molecule has 1 saturated heterocycles. The molecule has 1 heterocycles. The first-order valence-electron chi connectivity index (χ1n) is 10.1. The molecule has 1 aromatic carbocycles. The smallest absolute Gasteiger partial charge is 0.352 e. The van der Waals surface area contributed by atoms with Crippen LogP contribution in [-0.4, -0.2) is 25.7 Å². The normalized spacial score (nSPS) is 29.7. The fourth-order valence-electron chi connectivity index (χ4n) is 4.17. The molecule has 0 atom stereocenters. The monoisotopic (exact) mass is 400 g/mol. The van der Waals surface area contributed by atoms with Crippen LogP contribution in [0.15, 0.2) is 36.2 Å². The average Bonchev–Trinajstić information content (AvgIpc) is 2.68. The molecule has 0 aromatic heterocycles. The lowest BCUT2D eigenvalue weighted by Gasteiger charge is -2.37. The minimum Gasteiger partial charge on any atom is -0.352 e. The van der Waals surface area contributed by atoms with Crippen LogP contribution in [0.5, 0.6) is 0 Å². The standard InChI is InChI=1S/C22H28F4O2/c1-2-3-15-4-6-16(7-5-15)19-13-27-21(28-14-19)18-10-8-17(9-11-18)20(23)12-22(24,25)26/h4-7,12,17-19,21H,2-3,8-11,13-14H2,1H3. The van der Waals surface area contributed by atoms with Crippen molar-refractivity contribution < 1.29 is 27.0 Å². The van der Waals surface area contributed by atoms with Crippen LogP contribution in [0.1, 0.15) is 56.1 Å². The number of halogens is 4. The van der Waals surface area contributed by atoms with Crippen molar-refractivity contribution in [3.05, 3.63) is 47.3 Å². The van der Waals surface area contributed by atoms with Crippen molar-refractivity contribution in [1.82, 2.24) is 0 Å². The number of hydrogen-bond acceptors (Lipinski definition) is 2. The summed E-state index contributed by atoms with van der Waals surface area (Å²) in [4.78, 5) is 0. The molecule has 1 saturated carbocycles. The quantitative estimate of drug-likeness (QED) is 0.539. The summed E-state index contributed by atoms with van der Waals surface area (Å²) in [7, 11) is 0. The predicted octanol–water partition coefficient (Wildman–Crippen LogP) is 6.32. The van der Waals surface area contributed by atoms with Gasteiger partial charge in [0.15, 0.2) is 6.29 Å². The Morgan fingerprint density at radius 2 is 1.64 bits per heavy atom. The van der Waals surface area contributed by atoms with Crippen molar-refractivity contribution in [1.29, 1.82) is 0 Å². The van der Waals surface area contributed by atoms with Gasteiger partial charge in [0.05, 0.1) is 19.3 Å². The first-order chi connectivity index (χ1) is 13.4. The van der Waals surface area contributed by atoms with Gasteiger partial charge in [-0.25, -0.2) is 4.39 Å². The Hall–Kier alpha value is -1.40. The third-order valence-corrected chi connectivity index (χ3v) is 5.76. The second kappa shape index (κ2) is 9.40. The molecule has 1 aliphatic heterocycles. The van der Waals surface area contributed by atoms with Crippen molar-refractivity contribution in [2.75, 3.05) is 13.2 Å². The van der Waals surface area contributed by atoms with E-state index in [1.807, 2.05) is 0 Å². The van der Waals surface area contributed by atoms with Gasteiger partial charge in [0, 0.05) is 17.8 Å². The van der Waals surface area contributed by atoms with Gasteiger partial charge >= 0.3 is 6.18 Å². The van der Waals surface area contributed by atoms with Crippen molar-refractivity contribution in [3.63, 3.8) is 0 Å². The van der Waals surface area contributed by atoms with E-state index in [1.165, 1.54) is 11.1 Å². The number of allylic oxidation sites excluding steroid dienone is 2. The molecule has 3 rings (SSSR count). The fourth-order valence-corrected chi connectivity index (χ4v) is 4.17. The first kappa shape index (κ1) is 21.3. The van der Waals surface area contributed by atoms with Gasteiger partial charge in [0.1, 0.15) is 5.83 Å². The van der Waals surface area contributed by atoms with Crippen LogP contribution in [-0.2, 0) is 15.9 Å². The van der Waals surface area contributed by atoms with Gasteiger partial charge in [0.2, 0.25) is 0 Å². The van der Waals surface area contributed by atoms with E-state index in [4.69, 9.17) is 9.47 Å². The van der Waals surface area contributed by atoms with Crippen LogP contribution in [0, 0.1) is 11.8 Å². The Morgan fingerprint density at radius 3 is 2.18 bits per heavy atom. The molecule has 0 bridgehead atoms. The molecule has 0 unspecified atom stereocenters. The molecule has 0 N–H and O–H groups in total. The summed E-state index contributed by atoms with van der Waals surface area (Å²) in [6.07, 6.45) is -0.927. The van der Waals surface area contributed by atoms with Crippen molar-refractivity contribution in [3.8, 4) is 0 Å². The molecular formula is C22H28F4O2. The maximum absolute atomic E-state index is 13.7. The largest absolute Gasteiger partial charge is 0.412 e. The number of aryl methyl sites for hydroxylation is 1. The Labute approximate surface area is 163 Å². The highest BCUT2D eigenvalue weighted by molar-refractivity contribution is 5.26. The number of hydrogen-bond donors (Lipinski definition) is 0. The summed E-state index contributed by atoms with van der Waals surface area (Å²) in [5.74, 6) is -1.39. The number of benzene rings is 1. The highest BCUT2D eigenvalue weighted by Gasteiger charge is 2.35. The lowest BCUT2D eigenvalue weighted by atomic mass is 9.80. The van der Waals surface area contributed by atoms with Crippen LogP contribution in [0.25, 0.3) is 0 Å². The Balaban J connectivity index is 1.46. The molecule has 2 nitrogen and oxygen atoms in total. The van der Waals surface area contributed by atoms with Crippen LogP contribution in [0.4, 0.5) is 17.6 Å². The van der Waals surface area contributed by atoms with E-state index in [9.17, 15) is 17.6 Å². The molecule has 1 aliphatic carbocycles. The maximum Gasteiger partial charge on any atom is 0.412 e. The van der Waals surface area contributed by atoms with Gasteiger partial charge in [-0.3, -0.25) is 0 Å². The molecular weight excluding hydrogens is 372 g/mol. The van der Waals surface area contributed by atoms with Crippen LogP contribution in [0.2, 0.25) is 0 Å². The lowest BCUT2D eigenvalue weighted by Crippen LogP contribution is -2.37. The van der Waals surface area contributed by atoms with Gasteiger partial charge in [-0.1, -0.05) is 37.6 Å². The van der Waals surface area contributed by atoms with Gasteiger partial charge in [-0.15, -0.1) is 0 Å². The van der Waals surface area contributed by atoms with Gasteiger partial charge in [0.25, 0.3) is 0 Å². The number of ether oxygens (including phenoxy) is 2. The Bertz CT molecular complexity index is 637. The van der Waals surface area contributed by atoms with Crippen LogP contribution in [0.3, 0.4) is 0 Å². The second-order valence-electron chi connectivity index (χ2n) is 7.91. The van der Waals surface area contributed by atoms with Gasteiger partial charge in [-0.2, -0.15) is 13.2 Å². The predicted molar refractivity (Wildman–Crippen MR) is 99.6 cm³/mol. The summed E-state index contributed by atoms with van der Waals surface area (Å²) >= 11 is 0. The Kier molecular flexibility index (Phi) is 7.15. The van der Waals surface area contributed by atoms with E-state index in [-0.39, 0.29) is 24.2 Å². The first-order valence-corrected chi connectivity index (χ1v) is 10.1. The number of rotatable bonds is 5. The summed E-state index contributed by atoms with van der Waals surface area (Å²) in [6.45, 7) is 3.30. The summed E-state index contributed by atoms with van der Waals surface area (Å²) in [6, 6.07) is 8.55. The zero-order valence-corrected chi connectivity index (χ0v) is 16.2. The molecule has 0 radical (unpaired) electrons. The maximum atomic E-state index is 13.7. The molecule has 28 heavy (non-hydrogen) atoms. The zero-order chi connectivity index (χ0) is 20.1. The van der Waals surface area contributed by atoms with Crippen molar-refractivity contribution in [2.24, 2.45) is 11.8 Å². The molecule has 2 fully saturated rings. The molecule has 0 amide bonds.